The normalized spacial score (nSPS) is 17.4. The summed E-state index contributed by atoms with van der Waals surface area (Å²) < 4.78 is 25.6. The molecule has 0 spiro atoms. The van der Waals surface area contributed by atoms with Gasteiger partial charge in [0.05, 0.1) is 4.90 Å². The maximum absolute atomic E-state index is 12.3. The largest absolute Gasteiger partial charge is 0.354 e. The van der Waals surface area contributed by atoms with Crippen LogP contribution in [0.1, 0.15) is 12.5 Å². The van der Waals surface area contributed by atoms with Crippen molar-refractivity contribution in [2.24, 2.45) is 0 Å². The van der Waals surface area contributed by atoms with Crippen molar-refractivity contribution in [3.63, 3.8) is 0 Å². The Morgan fingerprint density at radius 3 is 2.50 bits per heavy atom. The molecule has 1 aromatic carbocycles. The average Bonchev–Trinajstić information content (AvgIpc) is 2.37. The number of hydrogen-bond donors (Lipinski definition) is 1. The summed E-state index contributed by atoms with van der Waals surface area (Å²) in [6.07, 6.45) is 0. The van der Waals surface area contributed by atoms with E-state index in [-0.39, 0.29) is 10.6 Å². The van der Waals surface area contributed by atoms with E-state index in [1.807, 2.05) is 0 Å². The highest BCUT2D eigenvalue weighted by Gasteiger charge is 2.35. The summed E-state index contributed by atoms with van der Waals surface area (Å²) in [5, 5.41) is 2.46. The predicted octanol–water partition coefficient (Wildman–Crippen LogP) is 0.798. The zero-order valence-electron chi connectivity index (χ0n) is 10.4. The number of likely N-dealkylation sites (N-methyl/N-ethyl adjacent to an activating group) is 2. The Morgan fingerprint density at radius 2 is 1.89 bits per heavy atom. The first-order valence-electron chi connectivity index (χ1n) is 5.42. The van der Waals surface area contributed by atoms with Crippen LogP contribution in [0.4, 0.5) is 0 Å². The van der Waals surface area contributed by atoms with Gasteiger partial charge in [-0.3, -0.25) is 9.10 Å². The van der Waals surface area contributed by atoms with Crippen LogP contribution in [0.3, 0.4) is 0 Å². The minimum atomic E-state index is -3.64. The van der Waals surface area contributed by atoms with Gasteiger partial charge in [0.15, 0.2) is 0 Å². The Balaban J connectivity index is 2.81. The Morgan fingerprint density at radius 1 is 1.28 bits per heavy atom. The fourth-order valence-corrected chi connectivity index (χ4v) is 3.57. The molecule has 0 fully saturated rings. The summed E-state index contributed by atoms with van der Waals surface area (Å²) in [4.78, 5) is 12.0. The summed E-state index contributed by atoms with van der Waals surface area (Å²) in [6, 6.07) is 6.68. The van der Waals surface area contributed by atoms with Crippen LogP contribution in [0.2, 0.25) is 0 Å². The molecule has 0 saturated carbocycles. The summed E-state index contributed by atoms with van der Waals surface area (Å²) in [6.45, 7) is 1.74. The highest BCUT2D eigenvalue weighted by Crippen LogP contribution is 2.35. The number of nitrogens with one attached hydrogen (secondary N) is 1. The minimum Gasteiger partial charge on any atom is -0.354 e. The molecule has 1 aliphatic heterocycles. The van der Waals surface area contributed by atoms with Gasteiger partial charge in [0, 0.05) is 19.7 Å². The van der Waals surface area contributed by atoms with E-state index >= 15 is 0 Å². The lowest BCUT2D eigenvalue weighted by Crippen LogP contribution is -2.38. The third-order valence-electron chi connectivity index (χ3n) is 3.04. The molecule has 1 aliphatic rings. The van der Waals surface area contributed by atoms with Crippen LogP contribution in [0.15, 0.2) is 34.9 Å². The number of sulfonamides is 1. The lowest BCUT2D eigenvalue weighted by molar-refractivity contribution is -0.117. The Kier molecular flexibility index (Phi) is 2.90. The van der Waals surface area contributed by atoms with Gasteiger partial charge in [-0.1, -0.05) is 18.2 Å². The zero-order chi connectivity index (χ0) is 13.5. The van der Waals surface area contributed by atoms with Gasteiger partial charge in [-0.2, -0.15) is 0 Å². The highest BCUT2D eigenvalue weighted by molar-refractivity contribution is 7.89. The highest BCUT2D eigenvalue weighted by atomic mass is 32.2. The van der Waals surface area contributed by atoms with E-state index in [0.717, 1.165) is 4.31 Å². The van der Waals surface area contributed by atoms with E-state index in [0.29, 0.717) is 11.1 Å². The number of rotatable bonds is 1. The smallest absolute Gasteiger partial charge is 0.268 e. The first-order valence-corrected chi connectivity index (χ1v) is 6.86. The second-order valence-electron chi connectivity index (χ2n) is 4.02. The van der Waals surface area contributed by atoms with Crippen LogP contribution in [-0.4, -0.2) is 32.7 Å². The maximum Gasteiger partial charge on any atom is 0.268 e. The Labute approximate surface area is 106 Å². The van der Waals surface area contributed by atoms with Gasteiger partial charge in [-0.25, -0.2) is 8.42 Å². The van der Waals surface area contributed by atoms with Gasteiger partial charge in [0.2, 0.25) is 0 Å². The molecule has 0 bridgehead atoms. The molecule has 2 rings (SSSR count). The summed E-state index contributed by atoms with van der Waals surface area (Å²) in [5.41, 5.74) is 1.40. The first-order chi connectivity index (χ1) is 8.41. The van der Waals surface area contributed by atoms with Crippen molar-refractivity contribution in [1.29, 1.82) is 0 Å². The summed E-state index contributed by atoms with van der Waals surface area (Å²) in [7, 11) is -0.779. The van der Waals surface area contributed by atoms with Crippen molar-refractivity contribution in [3.05, 3.63) is 35.5 Å². The van der Waals surface area contributed by atoms with Gasteiger partial charge in [0.25, 0.3) is 15.9 Å². The maximum atomic E-state index is 12.3. The molecule has 0 aromatic heterocycles. The van der Waals surface area contributed by atoms with E-state index in [9.17, 15) is 13.2 Å². The van der Waals surface area contributed by atoms with Crippen LogP contribution >= 0.6 is 0 Å². The molecule has 6 heteroatoms. The van der Waals surface area contributed by atoms with Gasteiger partial charge in [0.1, 0.15) is 5.70 Å². The standard InChI is InChI=1S/C12H14N2O3S/c1-8-9-6-4-5-7-10(9)18(16,17)14(3)11(8)12(15)13-2/h4-7H,1-3H3,(H,13,15). The number of fused-ring (bicyclic) bond motifs is 1. The number of allylic oxidation sites excluding steroid dienone is 1. The van der Waals surface area contributed by atoms with Gasteiger partial charge in [-0.05, 0) is 18.6 Å². The molecular formula is C12H14N2O3S. The number of carbonyl (C=O) groups is 1. The van der Waals surface area contributed by atoms with Crippen LogP contribution in [-0.2, 0) is 14.8 Å². The molecule has 1 aromatic rings. The van der Waals surface area contributed by atoms with E-state index in [1.54, 1.807) is 31.2 Å². The molecule has 18 heavy (non-hydrogen) atoms. The summed E-state index contributed by atoms with van der Waals surface area (Å²) in [5.74, 6) is -0.409. The summed E-state index contributed by atoms with van der Waals surface area (Å²) >= 11 is 0. The molecule has 0 radical (unpaired) electrons. The number of amides is 1. The van der Waals surface area contributed by atoms with Crippen molar-refractivity contribution < 1.29 is 13.2 Å². The van der Waals surface area contributed by atoms with Gasteiger partial charge in [-0.15, -0.1) is 0 Å². The third kappa shape index (κ3) is 1.60. The second-order valence-corrected chi connectivity index (χ2v) is 5.96. The van der Waals surface area contributed by atoms with Crippen LogP contribution in [0.25, 0.3) is 5.57 Å². The molecule has 0 aliphatic carbocycles. The van der Waals surface area contributed by atoms with Crippen LogP contribution in [0.5, 0.6) is 0 Å². The van der Waals surface area contributed by atoms with Crippen molar-refractivity contribution in [2.75, 3.05) is 14.1 Å². The molecule has 0 unspecified atom stereocenters. The molecular weight excluding hydrogens is 252 g/mol. The molecule has 1 heterocycles. The average molecular weight is 266 g/mol. The number of benzene rings is 1. The van der Waals surface area contributed by atoms with E-state index < -0.39 is 15.9 Å². The number of hydrogen-bond acceptors (Lipinski definition) is 3. The lowest BCUT2D eigenvalue weighted by Gasteiger charge is -2.29. The van der Waals surface area contributed by atoms with Gasteiger partial charge >= 0.3 is 0 Å². The van der Waals surface area contributed by atoms with Crippen molar-refractivity contribution in [2.45, 2.75) is 11.8 Å². The third-order valence-corrected chi connectivity index (χ3v) is 4.86. The van der Waals surface area contributed by atoms with Crippen LogP contribution in [0, 0.1) is 0 Å². The van der Waals surface area contributed by atoms with E-state index in [1.165, 1.54) is 14.1 Å². The molecule has 96 valence electrons. The second kappa shape index (κ2) is 4.13. The monoisotopic (exact) mass is 266 g/mol. The first kappa shape index (κ1) is 12.6. The fourth-order valence-electron chi connectivity index (χ4n) is 2.06. The molecule has 0 saturated heterocycles. The minimum absolute atomic E-state index is 0.163. The van der Waals surface area contributed by atoms with E-state index in [2.05, 4.69) is 5.32 Å². The predicted molar refractivity (Wildman–Crippen MR) is 68.1 cm³/mol. The lowest BCUT2D eigenvalue weighted by atomic mass is 10.0. The molecule has 0 atom stereocenters. The van der Waals surface area contributed by atoms with E-state index in [4.69, 9.17) is 0 Å². The Hall–Kier alpha value is -1.82. The van der Waals surface area contributed by atoms with Gasteiger partial charge < -0.3 is 5.32 Å². The molecule has 1 amide bonds. The van der Waals surface area contributed by atoms with Crippen LogP contribution < -0.4 is 5.32 Å². The molecule has 5 nitrogen and oxygen atoms in total. The Bertz CT molecular complexity index is 647. The molecule has 1 N–H and O–H groups in total. The quantitative estimate of drug-likeness (QED) is 0.817. The SMILES string of the molecule is CNC(=O)C1=C(C)c2ccccc2S(=O)(=O)N1C. The topological polar surface area (TPSA) is 66.5 Å². The van der Waals surface area contributed by atoms with Crippen molar-refractivity contribution in [1.82, 2.24) is 9.62 Å². The number of nitrogens with zero attached hydrogens (tertiary/aromatic N) is 1. The van der Waals surface area contributed by atoms with Crippen molar-refractivity contribution in [3.8, 4) is 0 Å². The van der Waals surface area contributed by atoms with Crippen molar-refractivity contribution >= 4 is 21.5 Å². The zero-order valence-corrected chi connectivity index (χ0v) is 11.2. The number of carbonyl (C=O) groups excluding carboxylic acids is 1. The fraction of sp³-hybridized carbons (Fsp3) is 0.250.